The Morgan fingerprint density at radius 1 is 1.15 bits per heavy atom. The van der Waals surface area contributed by atoms with Crippen molar-refractivity contribution < 1.29 is 14.3 Å². The number of aromatic nitrogens is 1. The molecule has 0 fully saturated rings. The van der Waals surface area contributed by atoms with Crippen LogP contribution in [0.25, 0.3) is 10.2 Å². The van der Waals surface area contributed by atoms with Crippen molar-refractivity contribution in [1.82, 2.24) is 4.98 Å². The van der Waals surface area contributed by atoms with Crippen LogP contribution in [0.4, 0.5) is 5.69 Å². The largest absolute Gasteiger partial charge is 0.493 e. The smallest absolute Gasteiger partial charge is 0.227 e. The highest BCUT2D eigenvalue weighted by molar-refractivity contribution is 7.18. The molecule has 5 nitrogen and oxygen atoms in total. The van der Waals surface area contributed by atoms with E-state index in [9.17, 15) is 4.79 Å². The van der Waals surface area contributed by atoms with E-state index in [0.717, 1.165) is 26.5 Å². The van der Waals surface area contributed by atoms with Gasteiger partial charge in [-0.2, -0.15) is 0 Å². The Bertz CT molecular complexity index is 936. The minimum absolute atomic E-state index is 0.0135. The summed E-state index contributed by atoms with van der Waals surface area (Å²) >= 11 is 1.62. The number of carbonyl (C=O) groups excluding carboxylic acids is 1. The van der Waals surface area contributed by atoms with Gasteiger partial charge in [0.15, 0.2) is 11.5 Å². The minimum Gasteiger partial charge on any atom is -0.493 e. The van der Waals surface area contributed by atoms with Crippen LogP contribution in [0, 0.1) is 12.8 Å². The van der Waals surface area contributed by atoms with Gasteiger partial charge in [0.25, 0.3) is 0 Å². The summed E-state index contributed by atoms with van der Waals surface area (Å²) < 4.78 is 11.7. The molecule has 1 aromatic heterocycles. The number of benzene rings is 2. The standard InChI is InChI=1S/C20H22N2O3S/c1-12(9-14-5-8-17(24-3)18(10-14)25-4)20(23)22-15-6-7-16-19(11-15)26-13(2)21-16/h5-8,10-12H,9H2,1-4H3,(H,22,23). The predicted octanol–water partition coefficient (Wildman–Crippen LogP) is 4.44. The highest BCUT2D eigenvalue weighted by atomic mass is 32.1. The Morgan fingerprint density at radius 2 is 1.92 bits per heavy atom. The van der Waals surface area contributed by atoms with Gasteiger partial charge in [-0.15, -0.1) is 11.3 Å². The van der Waals surface area contributed by atoms with E-state index in [0.29, 0.717) is 17.9 Å². The van der Waals surface area contributed by atoms with Crippen LogP contribution in [0.1, 0.15) is 17.5 Å². The van der Waals surface area contributed by atoms with Gasteiger partial charge in [0.1, 0.15) is 0 Å². The van der Waals surface area contributed by atoms with Gasteiger partial charge in [-0.05, 0) is 49.2 Å². The number of hydrogen-bond acceptors (Lipinski definition) is 5. The van der Waals surface area contributed by atoms with Crippen LogP contribution in [-0.4, -0.2) is 25.1 Å². The van der Waals surface area contributed by atoms with E-state index in [2.05, 4.69) is 10.3 Å². The fraction of sp³-hybridized carbons (Fsp3) is 0.300. The molecule has 1 atom stereocenters. The van der Waals surface area contributed by atoms with Crippen LogP contribution in [-0.2, 0) is 11.2 Å². The molecular formula is C20H22N2O3S. The average Bonchev–Trinajstić information content (AvgIpc) is 3.00. The summed E-state index contributed by atoms with van der Waals surface area (Å²) in [5.74, 6) is 1.16. The number of fused-ring (bicyclic) bond motifs is 1. The molecule has 0 aliphatic rings. The SMILES string of the molecule is COc1ccc(CC(C)C(=O)Nc2ccc3nc(C)sc3c2)cc1OC. The lowest BCUT2D eigenvalue weighted by Gasteiger charge is -2.14. The number of ether oxygens (including phenoxy) is 2. The van der Waals surface area contributed by atoms with Crippen LogP contribution in [0.2, 0.25) is 0 Å². The molecule has 3 rings (SSSR count). The third-order valence-electron chi connectivity index (χ3n) is 4.20. The first-order chi connectivity index (χ1) is 12.5. The van der Waals surface area contributed by atoms with Gasteiger partial charge >= 0.3 is 0 Å². The second-order valence-electron chi connectivity index (χ2n) is 6.20. The first-order valence-corrected chi connectivity index (χ1v) is 9.20. The molecule has 0 aliphatic carbocycles. The molecule has 26 heavy (non-hydrogen) atoms. The molecule has 0 saturated carbocycles. The quantitative estimate of drug-likeness (QED) is 0.697. The fourth-order valence-corrected chi connectivity index (χ4v) is 3.70. The van der Waals surface area contributed by atoms with E-state index in [-0.39, 0.29) is 11.8 Å². The summed E-state index contributed by atoms with van der Waals surface area (Å²) in [6.07, 6.45) is 0.619. The lowest BCUT2D eigenvalue weighted by molar-refractivity contribution is -0.119. The van der Waals surface area contributed by atoms with E-state index < -0.39 is 0 Å². The number of nitrogens with zero attached hydrogens (tertiary/aromatic N) is 1. The molecule has 1 heterocycles. The molecule has 3 aromatic rings. The average molecular weight is 370 g/mol. The third kappa shape index (κ3) is 3.96. The number of amides is 1. The van der Waals surface area contributed by atoms with Crippen LogP contribution in [0.3, 0.4) is 0 Å². The van der Waals surface area contributed by atoms with E-state index in [1.807, 2.05) is 50.2 Å². The summed E-state index contributed by atoms with van der Waals surface area (Å²) in [6.45, 7) is 3.90. The van der Waals surface area contributed by atoms with Crippen LogP contribution in [0.5, 0.6) is 11.5 Å². The van der Waals surface area contributed by atoms with Crippen molar-refractivity contribution in [3.05, 3.63) is 47.0 Å². The van der Waals surface area contributed by atoms with Crippen molar-refractivity contribution in [2.24, 2.45) is 5.92 Å². The Kier molecular flexibility index (Phi) is 5.42. The Labute approximate surface area is 157 Å². The highest BCUT2D eigenvalue weighted by Crippen LogP contribution is 2.29. The Balaban J connectivity index is 1.68. The Morgan fingerprint density at radius 3 is 2.65 bits per heavy atom. The number of thiazole rings is 1. The molecule has 0 radical (unpaired) electrons. The molecule has 1 amide bonds. The second kappa shape index (κ2) is 7.74. The predicted molar refractivity (Wildman–Crippen MR) is 105 cm³/mol. The molecular weight excluding hydrogens is 348 g/mol. The van der Waals surface area contributed by atoms with Crippen molar-refractivity contribution in [2.45, 2.75) is 20.3 Å². The van der Waals surface area contributed by atoms with E-state index in [1.54, 1.807) is 25.6 Å². The second-order valence-corrected chi connectivity index (χ2v) is 7.43. The van der Waals surface area contributed by atoms with Crippen molar-refractivity contribution in [3.8, 4) is 11.5 Å². The van der Waals surface area contributed by atoms with Crippen molar-refractivity contribution >= 4 is 33.1 Å². The number of hydrogen-bond donors (Lipinski definition) is 1. The molecule has 136 valence electrons. The van der Waals surface area contributed by atoms with Gasteiger partial charge < -0.3 is 14.8 Å². The number of aryl methyl sites for hydroxylation is 1. The zero-order valence-electron chi connectivity index (χ0n) is 15.3. The summed E-state index contributed by atoms with van der Waals surface area (Å²) in [4.78, 5) is 17.0. The zero-order chi connectivity index (χ0) is 18.7. The first-order valence-electron chi connectivity index (χ1n) is 8.39. The molecule has 2 aromatic carbocycles. The summed E-state index contributed by atoms with van der Waals surface area (Å²) in [7, 11) is 3.21. The van der Waals surface area contributed by atoms with Crippen molar-refractivity contribution in [2.75, 3.05) is 19.5 Å². The molecule has 0 bridgehead atoms. The summed E-state index contributed by atoms with van der Waals surface area (Å²) in [5.41, 5.74) is 2.79. The molecule has 1 N–H and O–H groups in total. The topological polar surface area (TPSA) is 60.5 Å². The van der Waals surface area contributed by atoms with Gasteiger partial charge in [0.2, 0.25) is 5.91 Å². The number of nitrogens with one attached hydrogen (secondary N) is 1. The number of carbonyl (C=O) groups is 1. The third-order valence-corrected chi connectivity index (χ3v) is 5.13. The molecule has 1 unspecified atom stereocenters. The minimum atomic E-state index is -0.174. The lowest BCUT2D eigenvalue weighted by atomic mass is 10.00. The van der Waals surface area contributed by atoms with E-state index in [1.165, 1.54) is 0 Å². The van der Waals surface area contributed by atoms with Crippen LogP contribution < -0.4 is 14.8 Å². The van der Waals surface area contributed by atoms with Gasteiger partial charge in [0.05, 0.1) is 29.4 Å². The van der Waals surface area contributed by atoms with Crippen molar-refractivity contribution in [3.63, 3.8) is 0 Å². The summed E-state index contributed by atoms with van der Waals surface area (Å²) in [6, 6.07) is 11.5. The van der Waals surface area contributed by atoms with Gasteiger partial charge in [-0.3, -0.25) is 4.79 Å². The number of rotatable bonds is 6. The maximum absolute atomic E-state index is 12.6. The maximum atomic E-state index is 12.6. The molecule has 6 heteroatoms. The highest BCUT2D eigenvalue weighted by Gasteiger charge is 2.16. The lowest BCUT2D eigenvalue weighted by Crippen LogP contribution is -2.22. The van der Waals surface area contributed by atoms with Gasteiger partial charge in [-0.1, -0.05) is 13.0 Å². The Hall–Kier alpha value is -2.60. The fourth-order valence-electron chi connectivity index (χ4n) is 2.84. The first kappa shape index (κ1) is 18.2. The molecule has 0 saturated heterocycles. The van der Waals surface area contributed by atoms with E-state index >= 15 is 0 Å². The normalized spacial score (nSPS) is 12.0. The van der Waals surface area contributed by atoms with E-state index in [4.69, 9.17) is 9.47 Å². The van der Waals surface area contributed by atoms with Gasteiger partial charge in [0, 0.05) is 11.6 Å². The monoisotopic (exact) mass is 370 g/mol. The van der Waals surface area contributed by atoms with Crippen LogP contribution >= 0.6 is 11.3 Å². The molecule has 0 spiro atoms. The zero-order valence-corrected chi connectivity index (χ0v) is 16.1. The number of anilines is 1. The maximum Gasteiger partial charge on any atom is 0.227 e. The van der Waals surface area contributed by atoms with Gasteiger partial charge in [-0.25, -0.2) is 4.98 Å². The van der Waals surface area contributed by atoms with Crippen LogP contribution in [0.15, 0.2) is 36.4 Å². The number of methoxy groups -OCH3 is 2. The summed E-state index contributed by atoms with van der Waals surface area (Å²) in [5, 5.41) is 4.02. The van der Waals surface area contributed by atoms with Crippen molar-refractivity contribution in [1.29, 1.82) is 0 Å². The molecule has 0 aliphatic heterocycles.